The number of nitrogens with zero attached hydrogens (tertiary/aromatic N) is 1. The van der Waals surface area contributed by atoms with Gasteiger partial charge in [-0.3, -0.25) is 0 Å². The van der Waals surface area contributed by atoms with Crippen molar-refractivity contribution < 1.29 is 23.8 Å². The summed E-state index contributed by atoms with van der Waals surface area (Å²) in [6.45, 7) is 5.19. The van der Waals surface area contributed by atoms with Gasteiger partial charge in [-0.2, -0.15) is 0 Å². The fraction of sp³-hybridized carbons (Fsp3) is 0.185. The first-order valence-corrected chi connectivity index (χ1v) is 10.6. The number of hydrogen-bond acceptors (Lipinski definition) is 5. The molecule has 0 aliphatic rings. The zero-order valence-electron chi connectivity index (χ0n) is 18.7. The number of aryl methyl sites for hydroxylation is 1. The van der Waals surface area contributed by atoms with Gasteiger partial charge >= 0.3 is 5.97 Å². The molecule has 4 aromatic rings. The van der Waals surface area contributed by atoms with Gasteiger partial charge in [-0.1, -0.05) is 42.5 Å². The van der Waals surface area contributed by atoms with Crippen molar-refractivity contribution in [3.8, 4) is 34.1 Å². The Morgan fingerprint density at radius 1 is 0.909 bits per heavy atom. The van der Waals surface area contributed by atoms with Gasteiger partial charge in [0.05, 0.1) is 0 Å². The number of ether oxygens (including phenoxy) is 2. The SMILES string of the molecule is Cc1oc(-c2ccccc2)nc1COc1cccc(-c2cccc(OC(C)(C)C(=O)O)c2)c1. The molecule has 0 saturated heterocycles. The summed E-state index contributed by atoms with van der Waals surface area (Å²) < 4.78 is 17.5. The Morgan fingerprint density at radius 3 is 2.18 bits per heavy atom. The third kappa shape index (κ3) is 5.23. The van der Waals surface area contributed by atoms with Crippen LogP contribution in [0.5, 0.6) is 11.5 Å². The molecule has 1 aromatic heterocycles. The molecule has 3 aromatic carbocycles. The molecule has 0 saturated carbocycles. The second kappa shape index (κ2) is 9.20. The minimum atomic E-state index is -1.32. The van der Waals surface area contributed by atoms with E-state index in [-0.39, 0.29) is 6.61 Å². The molecular formula is C27H25NO5. The summed E-state index contributed by atoms with van der Waals surface area (Å²) in [6, 6.07) is 24.7. The molecule has 0 atom stereocenters. The predicted molar refractivity (Wildman–Crippen MR) is 125 cm³/mol. The van der Waals surface area contributed by atoms with Gasteiger partial charge in [-0.15, -0.1) is 0 Å². The van der Waals surface area contributed by atoms with Crippen LogP contribution in [0.2, 0.25) is 0 Å². The Balaban J connectivity index is 1.49. The first-order chi connectivity index (χ1) is 15.8. The molecular weight excluding hydrogens is 418 g/mol. The standard InChI is InChI=1S/C27H25NO5/c1-18-24(28-25(32-18)19-9-5-4-6-10-19)17-31-22-13-7-11-20(15-22)21-12-8-14-23(16-21)33-27(2,3)26(29)30/h4-16H,17H2,1-3H3,(H,29,30). The van der Waals surface area contributed by atoms with Crippen LogP contribution in [0.25, 0.3) is 22.6 Å². The normalized spacial score (nSPS) is 11.2. The maximum Gasteiger partial charge on any atom is 0.347 e. The minimum Gasteiger partial charge on any atom is -0.487 e. The maximum absolute atomic E-state index is 11.4. The monoisotopic (exact) mass is 443 g/mol. The van der Waals surface area contributed by atoms with Crippen molar-refractivity contribution in [1.29, 1.82) is 0 Å². The van der Waals surface area contributed by atoms with E-state index >= 15 is 0 Å². The average Bonchev–Trinajstić information content (AvgIpc) is 3.19. The lowest BCUT2D eigenvalue weighted by Crippen LogP contribution is -2.37. The van der Waals surface area contributed by atoms with Gasteiger partial charge in [0.15, 0.2) is 5.60 Å². The van der Waals surface area contributed by atoms with E-state index < -0.39 is 11.6 Å². The zero-order chi connectivity index (χ0) is 23.4. The molecule has 0 radical (unpaired) electrons. The van der Waals surface area contributed by atoms with Crippen molar-refractivity contribution in [2.45, 2.75) is 33.0 Å². The van der Waals surface area contributed by atoms with Crippen molar-refractivity contribution in [3.63, 3.8) is 0 Å². The number of aromatic nitrogens is 1. The fourth-order valence-electron chi connectivity index (χ4n) is 3.26. The van der Waals surface area contributed by atoms with E-state index in [1.54, 1.807) is 6.07 Å². The lowest BCUT2D eigenvalue weighted by Gasteiger charge is -2.21. The highest BCUT2D eigenvalue weighted by molar-refractivity contribution is 5.77. The van der Waals surface area contributed by atoms with Crippen LogP contribution in [0.1, 0.15) is 25.3 Å². The third-order valence-electron chi connectivity index (χ3n) is 5.18. The smallest absolute Gasteiger partial charge is 0.347 e. The highest BCUT2D eigenvalue weighted by atomic mass is 16.5. The summed E-state index contributed by atoms with van der Waals surface area (Å²) in [5.74, 6) is 1.44. The number of aliphatic carboxylic acids is 1. The van der Waals surface area contributed by atoms with Crippen LogP contribution in [0, 0.1) is 6.92 Å². The Labute approximate surface area is 192 Å². The average molecular weight is 443 g/mol. The Hall–Kier alpha value is -4.06. The van der Waals surface area contributed by atoms with Crippen LogP contribution >= 0.6 is 0 Å². The first kappa shape index (κ1) is 22.1. The number of oxazole rings is 1. The lowest BCUT2D eigenvalue weighted by molar-refractivity contribution is -0.152. The summed E-state index contributed by atoms with van der Waals surface area (Å²) in [5, 5.41) is 9.31. The molecule has 1 N–H and O–H groups in total. The van der Waals surface area contributed by atoms with E-state index in [0.29, 0.717) is 17.4 Å². The molecule has 33 heavy (non-hydrogen) atoms. The van der Waals surface area contributed by atoms with E-state index in [1.807, 2.05) is 79.7 Å². The van der Waals surface area contributed by atoms with E-state index in [1.165, 1.54) is 13.8 Å². The van der Waals surface area contributed by atoms with Crippen LogP contribution in [-0.4, -0.2) is 21.7 Å². The molecule has 0 fully saturated rings. The summed E-state index contributed by atoms with van der Waals surface area (Å²) in [7, 11) is 0. The number of carboxylic acid groups (broad SMARTS) is 1. The molecule has 0 bridgehead atoms. The van der Waals surface area contributed by atoms with Crippen LogP contribution in [0.15, 0.2) is 83.3 Å². The number of carbonyl (C=O) groups is 1. The highest BCUT2D eigenvalue weighted by Gasteiger charge is 2.29. The molecule has 0 spiro atoms. The number of hydrogen-bond donors (Lipinski definition) is 1. The lowest BCUT2D eigenvalue weighted by atomic mass is 10.0. The molecule has 0 unspecified atom stereocenters. The van der Waals surface area contributed by atoms with Crippen LogP contribution in [0.4, 0.5) is 0 Å². The molecule has 0 amide bonds. The van der Waals surface area contributed by atoms with Crippen molar-refractivity contribution in [1.82, 2.24) is 4.98 Å². The third-order valence-corrected chi connectivity index (χ3v) is 5.18. The van der Waals surface area contributed by atoms with Gasteiger partial charge in [0, 0.05) is 5.56 Å². The van der Waals surface area contributed by atoms with Gasteiger partial charge < -0.3 is 19.0 Å². The summed E-state index contributed by atoms with van der Waals surface area (Å²) in [4.78, 5) is 15.9. The van der Waals surface area contributed by atoms with E-state index in [4.69, 9.17) is 13.9 Å². The van der Waals surface area contributed by atoms with Crippen LogP contribution in [0.3, 0.4) is 0 Å². The molecule has 4 rings (SSSR count). The van der Waals surface area contributed by atoms with Crippen molar-refractivity contribution in [3.05, 3.63) is 90.3 Å². The van der Waals surface area contributed by atoms with Crippen molar-refractivity contribution in [2.24, 2.45) is 0 Å². The predicted octanol–water partition coefficient (Wildman–Crippen LogP) is 6.14. The fourth-order valence-corrected chi connectivity index (χ4v) is 3.26. The van der Waals surface area contributed by atoms with Gasteiger partial charge in [0.2, 0.25) is 5.89 Å². The summed E-state index contributed by atoms with van der Waals surface area (Å²) >= 11 is 0. The van der Waals surface area contributed by atoms with Gasteiger partial charge in [0.25, 0.3) is 0 Å². The molecule has 6 nitrogen and oxygen atoms in total. The van der Waals surface area contributed by atoms with Gasteiger partial charge in [-0.05, 0) is 68.3 Å². The molecule has 168 valence electrons. The Kier molecular flexibility index (Phi) is 6.18. The Morgan fingerprint density at radius 2 is 1.52 bits per heavy atom. The number of benzene rings is 3. The maximum atomic E-state index is 11.4. The van der Waals surface area contributed by atoms with Gasteiger partial charge in [0.1, 0.15) is 29.6 Å². The second-order valence-electron chi connectivity index (χ2n) is 8.15. The summed E-state index contributed by atoms with van der Waals surface area (Å²) in [5.41, 5.74) is 2.15. The highest BCUT2D eigenvalue weighted by Crippen LogP contribution is 2.29. The topological polar surface area (TPSA) is 81.8 Å². The minimum absolute atomic E-state index is 0.279. The largest absolute Gasteiger partial charge is 0.487 e. The number of carboxylic acids is 1. The van der Waals surface area contributed by atoms with Crippen LogP contribution in [-0.2, 0) is 11.4 Å². The van der Waals surface area contributed by atoms with Gasteiger partial charge in [-0.25, -0.2) is 9.78 Å². The molecule has 0 aliphatic carbocycles. The molecule has 6 heteroatoms. The Bertz CT molecular complexity index is 1260. The number of rotatable bonds is 8. The summed E-state index contributed by atoms with van der Waals surface area (Å²) in [6.07, 6.45) is 0. The van der Waals surface area contributed by atoms with Crippen LogP contribution < -0.4 is 9.47 Å². The van der Waals surface area contributed by atoms with Crippen molar-refractivity contribution in [2.75, 3.05) is 0 Å². The van der Waals surface area contributed by atoms with Crippen molar-refractivity contribution >= 4 is 5.97 Å². The van der Waals surface area contributed by atoms with E-state index in [9.17, 15) is 9.90 Å². The quantitative estimate of drug-likeness (QED) is 0.352. The molecule has 0 aliphatic heterocycles. The zero-order valence-corrected chi connectivity index (χ0v) is 18.7. The van der Waals surface area contributed by atoms with E-state index in [2.05, 4.69) is 4.98 Å². The second-order valence-corrected chi connectivity index (χ2v) is 8.15. The first-order valence-electron chi connectivity index (χ1n) is 10.6. The van der Waals surface area contributed by atoms with E-state index in [0.717, 1.165) is 28.1 Å². The molecule has 1 heterocycles.